The van der Waals surface area contributed by atoms with E-state index in [-0.39, 0.29) is 5.54 Å². The van der Waals surface area contributed by atoms with Crippen molar-refractivity contribution in [3.63, 3.8) is 0 Å². The lowest BCUT2D eigenvalue weighted by molar-refractivity contribution is 0.101. The highest BCUT2D eigenvalue weighted by molar-refractivity contribution is 9.10. The molecule has 16 heavy (non-hydrogen) atoms. The summed E-state index contributed by atoms with van der Waals surface area (Å²) in [6, 6.07) is 5.84. The van der Waals surface area contributed by atoms with Gasteiger partial charge in [0.2, 0.25) is 0 Å². The van der Waals surface area contributed by atoms with Crippen LogP contribution in [0.25, 0.3) is 0 Å². The van der Waals surface area contributed by atoms with Gasteiger partial charge in [0.1, 0.15) is 0 Å². The second-order valence-corrected chi connectivity index (χ2v) is 5.53. The summed E-state index contributed by atoms with van der Waals surface area (Å²) in [5.74, 6) is 0. The number of hydrogen-bond acceptors (Lipinski definition) is 2. The lowest BCUT2D eigenvalue weighted by Crippen LogP contribution is -2.43. The van der Waals surface area contributed by atoms with Crippen LogP contribution in [-0.4, -0.2) is 18.8 Å². The molecule has 1 aromatic rings. The van der Waals surface area contributed by atoms with Gasteiger partial charge < -0.3 is 10.5 Å². The lowest BCUT2D eigenvalue weighted by Gasteiger charge is -2.24. The lowest BCUT2D eigenvalue weighted by atomic mass is 9.95. The van der Waals surface area contributed by atoms with Crippen molar-refractivity contribution in [3.05, 3.63) is 33.3 Å². The largest absolute Gasteiger partial charge is 0.380 e. The van der Waals surface area contributed by atoms with E-state index in [4.69, 9.17) is 22.1 Å². The van der Waals surface area contributed by atoms with Gasteiger partial charge >= 0.3 is 0 Å². The molecule has 0 heterocycles. The first-order valence-corrected chi connectivity index (χ1v) is 6.42. The van der Waals surface area contributed by atoms with Crippen LogP contribution in [0.15, 0.2) is 22.7 Å². The van der Waals surface area contributed by atoms with Crippen molar-refractivity contribution in [1.29, 1.82) is 0 Å². The predicted molar refractivity (Wildman–Crippen MR) is 71.9 cm³/mol. The zero-order valence-corrected chi connectivity index (χ0v) is 11.9. The SMILES string of the molecule is CCOCC(C)(N)Cc1ccc(Br)cc1Cl. The van der Waals surface area contributed by atoms with Crippen LogP contribution in [0.4, 0.5) is 0 Å². The minimum Gasteiger partial charge on any atom is -0.380 e. The van der Waals surface area contributed by atoms with Crippen molar-refractivity contribution in [2.75, 3.05) is 13.2 Å². The fourth-order valence-corrected chi connectivity index (χ4v) is 2.23. The van der Waals surface area contributed by atoms with E-state index in [2.05, 4.69) is 15.9 Å². The highest BCUT2D eigenvalue weighted by Crippen LogP contribution is 2.24. The molecule has 0 aliphatic rings. The van der Waals surface area contributed by atoms with Gasteiger partial charge in [-0.2, -0.15) is 0 Å². The molecule has 0 fully saturated rings. The van der Waals surface area contributed by atoms with E-state index in [0.717, 1.165) is 15.1 Å². The summed E-state index contributed by atoms with van der Waals surface area (Å²) >= 11 is 9.52. The maximum absolute atomic E-state index is 6.15. The average molecular weight is 307 g/mol. The summed E-state index contributed by atoms with van der Waals surface area (Å²) < 4.78 is 6.33. The summed E-state index contributed by atoms with van der Waals surface area (Å²) in [4.78, 5) is 0. The van der Waals surface area contributed by atoms with Crippen molar-refractivity contribution in [3.8, 4) is 0 Å². The smallest absolute Gasteiger partial charge is 0.0646 e. The topological polar surface area (TPSA) is 35.2 Å². The second-order valence-electron chi connectivity index (χ2n) is 4.20. The highest BCUT2D eigenvalue weighted by atomic mass is 79.9. The van der Waals surface area contributed by atoms with Crippen molar-refractivity contribution < 1.29 is 4.74 Å². The third-order valence-electron chi connectivity index (χ3n) is 2.25. The number of benzene rings is 1. The minimum atomic E-state index is -0.381. The molecule has 0 aliphatic carbocycles. The Morgan fingerprint density at radius 1 is 1.50 bits per heavy atom. The zero-order valence-electron chi connectivity index (χ0n) is 9.59. The van der Waals surface area contributed by atoms with E-state index >= 15 is 0 Å². The Hall–Kier alpha value is -0.0900. The highest BCUT2D eigenvalue weighted by Gasteiger charge is 2.20. The molecule has 1 atom stereocenters. The van der Waals surface area contributed by atoms with Crippen LogP contribution in [-0.2, 0) is 11.2 Å². The second kappa shape index (κ2) is 6.01. The first-order chi connectivity index (χ1) is 7.44. The number of hydrogen-bond donors (Lipinski definition) is 1. The van der Waals surface area contributed by atoms with E-state index in [1.165, 1.54) is 0 Å². The first-order valence-electron chi connectivity index (χ1n) is 5.25. The van der Waals surface area contributed by atoms with E-state index < -0.39 is 0 Å². The molecule has 1 unspecified atom stereocenters. The molecule has 0 amide bonds. The fraction of sp³-hybridized carbons (Fsp3) is 0.500. The van der Waals surface area contributed by atoms with Crippen LogP contribution >= 0.6 is 27.5 Å². The molecule has 0 spiro atoms. The molecule has 2 N–H and O–H groups in total. The van der Waals surface area contributed by atoms with Crippen LogP contribution in [0.1, 0.15) is 19.4 Å². The van der Waals surface area contributed by atoms with Gasteiger partial charge in [-0.15, -0.1) is 0 Å². The molecule has 0 saturated heterocycles. The molecule has 90 valence electrons. The van der Waals surface area contributed by atoms with Gasteiger partial charge in [-0.3, -0.25) is 0 Å². The Bertz CT molecular complexity index is 355. The van der Waals surface area contributed by atoms with Crippen molar-refractivity contribution in [1.82, 2.24) is 0 Å². The van der Waals surface area contributed by atoms with Crippen molar-refractivity contribution in [2.45, 2.75) is 25.8 Å². The standard InChI is InChI=1S/C12H17BrClNO/c1-3-16-8-12(2,15)7-9-4-5-10(13)6-11(9)14/h4-6H,3,7-8,15H2,1-2H3. The van der Waals surface area contributed by atoms with Gasteiger partial charge in [-0.1, -0.05) is 33.6 Å². The molecule has 0 aliphatic heterocycles. The summed E-state index contributed by atoms with van der Waals surface area (Å²) in [7, 11) is 0. The van der Waals surface area contributed by atoms with Gasteiger partial charge in [-0.25, -0.2) is 0 Å². The number of rotatable bonds is 5. The van der Waals surface area contributed by atoms with Crippen molar-refractivity contribution >= 4 is 27.5 Å². The molecule has 0 bridgehead atoms. The first kappa shape index (κ1) is 14.0. The Morgan fingerprint density at radius 2 is 2.19 bits per heavy atom. The van der Waals surface area contributed by atoms with Gasteiger partial charge in [0, 0.05) is 21.6 Å². The summed E-state index contributed by atoms with van der Waals surface area (Å²) in [6.07, 6.45) is 0.707. The molecular weight excluding hydrogens is 289 g/mol. The van der Waals surface area contributed by atoms with Gasteiger partial charge in [0.15, 0.2) is 0 Å². The number of ether oxygens (including phenoxy) is 1. The molecule has 4 heteroatoms. The Labute approximate surface area is 110 Å². The van der Waals surface area contributed by atoms with Gasteiger partial charge in [-0.05, 0) is 38.0 Å². The maximum Gasteiger partial charge on any atom is 0.0646 e. The Morgan fingerprint density at radius 3 is 2.75 bits per heavy atom. The molecule has 1 aromatic carbocycles. The van der Waals surface area contributed by atoms with Crippen LogP contribution < -0.4 is 5.73 Å². The monoisotopic (exact) mass is 305 g/mol. The van der Waals surface area contributed by atoms with Crippen LogP contribution in [0.5, 0.6) is 0 Å². The molecule has 0 saturated carbocycles. The molecule has 0 radical (unpaired) electrons. The molecule has 0 aromatic heterocycles. The summed E-state index contributed by atoms with van der Waals surface area (Å²) in [5, 5.41) is 0.738. The average Bonchev–Trinajstić information content (AvgIpc) is 2.19. The number of nitrogens with two attached hydrogens (primary N) is 1. The van der Waals surface area contributed by atoms with Crippen LogP contribution in [0.2, 0.25) is 5.02 Å². The van der Waals surface area contributed by atoms with Gasteiger partial charge in [0.05, 0.1) is 6.61 Å². The van der Waals surface area contributed by atoms with E-state index in [1.54, 1.807) is 0 Å². The fourth-order valence-electron chi connectivity index (χ4n) is 1.49. The predicted octanol–water partition coefficient (Wildman–Crippen LogP) is 3.40. The third kappa shape index (κ3) is 4.42. The number of halogens is 2. The van der Waals surface area contributed by atoms with E-state index in [9.17, 15) is 0 Å². The normalized spacial score (nSPS) is 14.8. The Balaban J connectivity index is 2.71. The van der Waals surface area contributed by atoms with Crippen LogP contribution in [0.3, 0.4) is 0 Å². The maximum atomic E-state index is 6.15. The van der Waals surface area contributed by atoms with Gasteiger partial charge in [0.25, 0.3) is 0 Å². The minimum absolute atomic E-state index is 0.381. The Kier molecular flexibility index (Phi) is 5.25. The summed E-state index contributed by atoms with van der Waals surface area (Å²) in [6.45, 7) is 5.15. The van der Waals surface area contributed by atoms with Crippen LogP contribution in [0, 0.1) is 0 Å². The summed E-state index contributed by atoms with van der Waals surface area (Å²) in [5.41, 5.74) is 6.82. The molecule has 1 rings (SSSR count). The molecule has 2 nitrogen and oxygen atoms in total. The third-order valence-corrected chi connectivity index (χ3v) is 3.09. The van der Waals surface area contributed by atoms with E-state index in [0.29, 0.717) is 19.6 Å². The van der Waals surface area contributed by atoms with Crippen molar-refractivity contribution in [2.24, 2.45) is 5.73 Å². The quantitative estimate of drug-likeness (QED) is 0.905. The van der Waals surface area contributed by atoms with E-state index in [1.807, 2.05) is 32.0 Å². The molecular formula is C12H17BrClNO. The zero-order chi connectivity index (χ0) is 12.2.